The van der Waals surface area contributed by atoms with Gasteiger partial charge in [0.15, 0.2) is 17.5 Å². The zero-order valence-electron chi connectivity index (χ0n) is 32.6. The molecular formula is C51H26B5N3OS. The summed E-state index contributed by atoms with van der Waals surface area (Å²) >= 11 is 1.76. The van der Waals surface area contributed by atoms with E-state index in [1.165, 1.54) is 15.5 Å². The molecule has 10 radical (unpaired) electrons. The standard InChI is InChI=1S/C51H26B5N3OS/c52-43-41(44(53)46(55)47(56)45(43)54)30-22-20-28(21-23-30)27-16-18-29(19-17-27)32-24-25-35-39(26-32)60-38-14-7-12-36(42(35)38)50-57-49(31-8-2-1-3-9-31)58-51(59-50)37-13-6-11-34-33-10-4-5-15-40(33)61-48(34)37/h1-26H. The Morgan fingerprint density at radius 2 is 0.918 bits per heavy atom. The number of aromatic nitrogens is 3. The lowest BCUT2D eigenvalue weighted by Gasteiger charge is -2.21. The van der Waals surface area contributed by atoms with E-state index in [4.69, 9.17) is 58.6 Å². The number of nitrogens with zero attached hydrogens (tertiary/aromatic N) is 3. The molecule has 8 aromatic carbocycles. The summed E-state index contributed by atoms with van der Waals surface area (Å²) in [5, 5.41) is 4.34. The molecule has 0 unspecified atom stereocenters. The van der Waals surface area contributed by atoms with Crippen LogP contribution in [0.1, 0.15) is 0 Å². The molecule has 10 heteroatoms. The average molecular weight is 783 g/mol. The van der Waals surface area contributed by atoms with Gasteiger partial charge in [-0.05, 0) is 63.7 Å². The number of benzene rings is 8. The van der Waals surface area contributed by atoms with Crippen LogP contribution in [0.15, 0.2) is 162 Å². The minimum atomic E-state index is 0.198. The fourth-order valence-electron chi connectivity index (χ4n) is 8.29. The van der Waals surface area contributed by atoms with Crippen LogP contribution in [0.2, 0.25) is 0 Å². The van der Waals surface area contributed by atoms with Gasteiger partial charge in [-0.25, -0.2) is 15.0 Å². The molecule has 0 amide bonds. The predicted octanol–water partition coefficient (Wildman–Crippen LogP) is 8.11. The number of rotatable bonds is 6. The minimum absolute atomic E-state index is 0.198. The van der Waals surface area contributed by atoms with Crippen LogP contribution in [-0.2, 0) is 0 Å². The van der Waals surface area contributed by atoms with Crippen LogP contribution in [0.3, 0.4) is 0 Å². The molecular weight excluding hydrogens is 757 g/mol. The summed E-state index contributed by atoms with van der Waals surface area (Å²) in [4.78, 5) is 15.4. The molecule has 0 saturated heterocycles. The SMILES string of the molecule is [B]c1c([B])c([B])c(-c2ccc(-c3ccc(-c4ccc5c(c4)oc4cccc(-c6nc(-c7ccccc7)nc(-c7cccc8c7sc7ccccc78)n6)c45)cc3)cc2)c([B])c1[B]. The van der Waals surface area contributed by atoms with Crippen molar-refractivity contribution in [3.8, 4) is 67.5 Å². The van der Waals surface area contributed by atoms with Crippen LogP contribution in [0, 0.1) is 0 Å². The highest BCUT2D eigenvalue weighted by Crippen LogP contribution is 2.41. The highest BCUT2D eigenvalue weighted by atomic mass is 32.1. The molecule has 272 valence electrons. The molecule has 3 aromatic heterocycles. The predicted molar refractivity (Wildman–Crippen MR) is 260 cm³/mol. The Morgan fingerprint density at radius 1 is 0.377 bits per heavy atom. The molecule has 0 aliphatic rings. The number of hydrogen-bond donors (Lipinski definition) is 0. The van der Waals surface area contributed by atoms with Crippen molar-refractivity contribution in [2.75, 3.05) is 0 Å². The summed E-state index contributed by atoms with van der Waals surface area (Å²) in [7, 11) is 30.9. The molecule has 61 heavy (non-hydrogen) atoms. The monoisotopic (exact) mass is 783 g/mol. The number of furan rings is 1. The molecule has 0 spiro atoms. The first-order valence-corrected chi connectivity index (χ1v) is 20.5. The van der Waals surface area contributed by atoms with Crippen molar-refractivity contribution >= 4 is 120 Å². The molecule has 11 rings (SSSR count). The molecule has 0 N–H and O–H groups in total. The van der Waals surface area contributed by atoms with E-state index in [9.17, 15) is 0 Å². The highest BCUT2D eigenvalue weighted by Gasteiger charge is 2.20. The molecule has 4 nitrogen and oxygen atoms in total. The van der Waals surface area contributed by atoms with E-state index in [0.717, 1.165) is 71.1 Å². The summed E-state index contributed by atoms with van der Waals surface area (Å²) in [6.07, 6.45) is 0. The second-order valence-corrected chi connectivity index (χ2v) is 16.1. The van der Waals surface area contributed by atoms with Gasteiger partial charge in [0.05, 0.1) is 0 Å². The third kappa shape index (κ3) is 6.24. The minimum Gasteiger partial charge on any atom is -0.456 e. The molecule has 0 atom stereocenters. The lowest BCUT2D eigenvalue weighted by Crippen LogP contribution is -2.55. The molecule has 0 aliphatic carbocycles. The number of hydrogen-bond acceptors (Lipinski definition) is 5. The van der Waals surface area contributed by atoms with Gasteiger partial charge < -0.3 is 4.42 Å². The Morgan fingerprint density at radius 3 is 1.64 bits per heavy atom. The lowest BCUT2D eigenvalue weighted by molar-refractivity contribution is 0.669. The van der Waals surface area contributed by atoms with E-state index in [0.29, 0.717) is 34.0 Å². The van der Waals surface area contributed by atoms with Crippen molar-refractivity contribution in [2.24, 2.45) is 0 Å². The molecule has 0 aliphatic heterocycles. The Balaban J connectivity index is 0.960. The van der Waals surface area contributed by atoms with Gasteiger partial charge in [-0.1, -0.05) is 138 Å². The van der Waals surface area contributed by atoms with Gasteiger partial charge in [0.1, 0.15) is 50.4 Å². The first-order chi connectivity index (χ1) is 29.8. The summed E-state index contributed by atoms with van der Waals surface area (Å²) in [6.45, 7) is 0. The first-order valence-electron chi connectivity index (χ1n) is 19.7. The molecule has 0 bridgehead atoms. The Labute approximate surface area is 362 Å². The van der Waals surface area contributed by atoms with E-state index in [1.807, 2.05) is 66.7 Å². The maximum absolute atomic E-state index is 6.57. The average Bonchev–Trinajstić information content (AvgIpc) is 3.89. The van der Waals surface area contributed by atoms with Crippen molar-refractivity contribution in [2.45, 2.75) is 0 Å². The van der Waals surface area contributed by atoms with Crippen molar-refractivity contribution in [3.63, 3.8) is 0 Å². The van der Waals surface area contributed by atoms with Gasteiger partial charge in [-0.15, -0.1) is 27.7 Å². The summed E-state index contributed by atoms with van der Waals surface area (Å²) in [5.41, 5.74) is 11.1. The van der Waals surface area contributed by atoms with Crippen LogP contribution in [0.25, 0.3) is 110 Å². The zero-order chi connectivity index (χ0) is 41.4. The fraction of sp³-hybridized carbons (Fsp3) is 0. The zero-order valence-corrected chi connectivity index (χ0v) is 33.4. The van der Waals surface area contributed by atoms with Crippen molar-refractivity contribution in [3.05, 3.63) is 158 Å². The number of fused-ring (bicyclic) bond motifs is 6. The first kappa shape index (κ1) is 37.1. The summed E-state index contributed by atoms with van der Waals surface area (Å²) in [5.74, 6) is 1.81. The molecule has 3 heterocycles. The van der Waals surface area contributed by atoms with Crippen molar-refractivity contribution in [1.29, 1.82) is 0 Å². The van der Waals surface area contributed by atoms with E-state index < -0.39 is 0 Å². The fourth-order valence-corrected chi connectivity index (χ4v) is 9.50. The number of thiophene rings is 1. The van der Waals surface area contributed by atoms with Crippen LogP contribution < -0.4 is 27.3 Å². The molecule has 0 saturated carbocycles. The topological polar surface area (TPSA) is 51.8 Å². The Kier molecular flexibility index (Phi) is 8.94. The van der Waals surface area contributed by atoms with Crippen molar-refractivity contribution < 1.29 is 4.42 Å². The second kappa shape index (κ2) is 14.7. The Bertz CT molecular complexity index is 3500. The normalized spacial score (nSPS) is 11.6. The largest absolute Gasteiger partial charge is 0.456 e. The van der Waals surface area contributed by atoms with Crippen LogP contribution in [-0.4, -0.2) is 54.2 Å². The smallest absolute Gasteiger partial charge is 0.165 e. The molecule has 0 fully saturated rings. The maximum Gasteiger partial charge on any atom is 0.165 e. The van der Waals surface area contributed by atoms with E-state index >= 15 is 0 Å². The van der Waals surface area contributed by atoms with Crippen LogP contribution >= 0.6 is 11.3 Å². The van der Waals surface area contributed by atoms with Gasteiger partial charge in [-0.2, -0.15) is 0 Å². The summed E-state index contributed by atoms with van der Waals surface area (Å²) in [6, 6.07) is 53.7. The van der Waals surface area contributed by atoms with E-state index in [-0.39, 0.29) is 16.4 Å². The van der Waals surface area contributed by atoms with Gasteiger partial charge in [0, 0.05) is 47.6 Å². The van der Waals surface area contributed by atoms with Gasteiger partial charge >= 0.3 is 0 Å². The third-order valence-electron chi connectivity index (χ3n) is 11.5. The molecule has 11 aromatic rings. The van der Waals surface area contributed by atoms with Crippen LogP contribution in [0.5, 0.6) is 0 Å². The van der Waals surface area contributed by atoms with Gasteiger partial charge in [0.2, 0.25) is 0 Å². The third-order valence-corrected chi connectivity index (χ3v) is 12.7. The maximum atomic E-state index is 6.57. The van der Waals surface area contributed by atoms with Crippen molar-refractivity contribution in [1.82, 2.24) is 15.0 Å². The second-order valence-electron chi connectivity index (χ2n) is 15.0. The van der Waals surface area contributed by atoms with Gasteiger partial charge in [0.25, 0.3) is 0 Å². The van der Waals surface area contributed by atoms with E-state index in [2.05, 4.69) is 91.0 Å². The summed E-state index contributed by atoms with van der Waals surface area (Å²) < 4.78 is 8.94. The quantitative estimate of drug-likeness (QED) is 0.160. The highest BCUT2D eigenvalue weighted by molar-refractivity contribution is 7.26. The van der Waals surface area contributed by atoms with E-state index in [1.54, 1.807) is 11.3 Å². The lowest BCUT2D eigenvalue weighted by atomic mass is 9.59. The van der Waals surface area contributed by atoms with Crippen LogP contribution in [0.4, 0.5) is 0 Å². The van der Waals surface area contributed by atoms with Gasteiger partial charge in [-0.3, -0.25) is 0 Å². The Hall–Kier alpha value is -6.89.